The van der Waals surface area contributed by atoms with Crippen LogP contribution in [0.15, 0.2) is 58.3 Å². The fourth-order valence-electron chi connectivity index (χ4n) is 3.47. The van der Waals surface area contributed by atoms with E-state index in [4.69, 9.17) is 14.2 Å². The molecule has 10 nitrogen and oxygen atoms in total. The Labute approximate surface area is 181 Å². The molecule has 0 fully saturated rings. The van der Waals surface area contributed by atoms with Crippen molar-refractivity contribution in [3.8, 4) is 22.9 Å². The number of fused-ring (bicyclic) bond motifs is 2. The van der Waals surface area contributed by atoms with Gasteiger partial charge in [0.2, 0.25) is 12.7 Å². The second-order valence-electron chi connectivity index (χ2n) is 6.96. The number of H-pyrrole nitrogens is 1. The van der Waals surface area contributed by atoms with Crippen LogP contribution in [0.2, 0.25) is 0 Å². The Hall–Kier alpha value is -4.34. The van der Waals surface area contributed by atoms with Crippen LogP contribution in [-0.4, -0.2) is 32.9 Å². The number of nitrogens with one attached hydrogen (secondary N) is 2. The summed E-state index contributed by atoms with van der Waals surface area (Å²) >= 11 is 0. The van der Waals surface area contributed by atoms with E-state index in [1.54, 1.807) is 18.2 Å². The quantitative estimate of drug-likeness (QED) is 0.475. The standard InChI is InChI=1S/C22H19N5O5/c1-2-30-16-6-4-3-5-13(16)10-23-21-24-11-15-19(25-21)26-22(29)27(20(15)28)14-7-8-17-18(9-14)32-12-31-17/h3-9,11H,2,10,12H2,1H3,(H2,23,24,25,26,29). The lowest BCUT2D eigenvalue weighted by atomic mass is 10.2. The van der Waals surface area contributed by atoms with E-state index in [2.05, 4.69) is 20.3 Å². The number of aromatic nitrogens is 4. The summed E-state index contributed by atoms with van der Waals surface area (Å²) in [6.45, 7) is 2.99. The second kappa shape index (κ2) is 8.06. The topological polar surface area (TPSA) is 120 Å². The number of hydrogen-bond acceptors (Lipinski definition) is 8. The van der Waals surface area contributed by atoms with E-state index in [1.165, 1.54) is 6.20 Å². The van der Waals surface area contributed by atoms with Gasteiger partial charge in [-0.1, -0.05) is 18.2 Å². The van der Waals surface area contributed by atoms with Crippen LogP contribution in [0.1, 0.15) is 12.5 Å². The van der Waals surface area contributed by atoms with Crippen molar-refractivity contribution < 1.29 is 14.2 Å². The Morgan fingerprint density at radius 2 is 2.00 bits per heavy atom. The first-order valence-electron chi connectivity index (χ1n) is 10.0. The highest BCUT2D eigenvalue weighted by Crippen LogP contribution is 2.33. The first kappa shape index (κ1) is 19.6. The van der Waals surface area contributed by atoms with Gasteiger partial charge in [0.1, 0.15) is 11.1 Å². The lowest BCUT2D eigenvalue weighted by molar-refractivity contribution is 0.174. The van der Waals surface area contributed by atoms with Crippen molar-refractivity contribution >= 4 is 17.0 Å². The molecule has 0 atom stereocenters. The molecule has 5 rings (SSSR count). The van der Waals surface area contributed by atoms with E-state index in [-0.39, 0.29) is 23.8 Å². The minimum absolute atomic E-state index is 0.0976. The maximum absolute atomic E-state index is 13.0. The highest BCUT2D eigenvalue weighted by Gasteiger charge is 2.17. The first-order chi connectivity index (χ1) is 15.6. The second-order valence-corrected chi connectivity index (χ2v) is 6.96. The number of para-hydroxylation sites is 1. The number of hydrogen-bond donors (Lipinski definition) is 2. The van der Waals surface area contributed by atoms with E-state index in [0.717, 1.165) is 15.9 Å². The minimum atomic E-state index is -0.618. The van der Waals surface area contributed by atoms with Crippen LogP contribution in [0.25, 0.3) is 16.7 Å². The summed E-state index contributed by atoms with van der Waals surface area (Å²) in [7, 11) is 0. The van der Waals surface area contributed by atoms with Gasteiger partial charge in [-0.25, -0.2) is 14.3 Å². The number of rotatable bonds is 6. The van der Waals surface area contributed by atoms with Gasteiger partial charge in [0.25, 0.3) is 5.56 Å². The summed E-state index contributed by atoms with van der Waals surface area (Å²) in [5, 5.41) is 3.28. The molecule has 2 aromatic heterocycles. The minimum Gasteiger partial charge on any atom is -0.494 e. The summed E-state index contributed by atoms with van der Waals surface area (Å²) in [5.41, 5.74) is 0.290. The van der Waals surface area contributed by atoms with E-state index in [0.29, 0.717) is 30.3 Å². The molecule has 0 spiro atoms. The van der Waals surface area contributed by atoms with Crippen LogP contribution in [0.3, 0.4) is 0 Å². The smallest absolute Gasteiger partial charge is 0.334 e. The zero-order valence-corrected chi connectivity index (χ0v) is 17.1. The zero-order valence-electron chi connectivity index (χ0n) is 17.1. The maximum Gasteiger partial charge on any atom is 0.334 e. The van der Waals surface area contributed by atoms with Gasteiger partial charge >= 0.3 is 5.69 Å². The van der Waals surface area contributed by atoms with Crippen molar-refractivity contribution in [2.45, 2.75) is 13.5 Å². The molecule has 162 valence electrons. The molecule has 1 aliphatic rings. The lowest BCUT2D eigenvalue weighted by Gasteiger charge is -2.11. The van der Waals surface area contributed by atoms with Gasteiger partial charge in [-0.2, -0.15) is 4.98 Å². The van der Waals surface area contributed by atoms with Crippen LogP contribution >= 0.6 is 0 Å². The van der Waals surface area contributed by atoms with E-state index < -0.39 is 11.2 Å². The Bertz CT molecular complexity index is 1430. The number of ether oxygens (including phenoxy) is 3. The summed E-state index contributed by atoms with van der Waals surface area (Å²) < 4.78 is 17.3. The number of benzene rings is 2. The average Bonchev–Trinajstić information content (AvgIpc) is 3.26. The molecule has 4 aromatic rings. The summed E-state index contributed by atoms with van der Waals surface area (Å²) in [4.78, 5) is 36.9. The molecule has 1 aliphatic heterocycles. The molecule has 0 aliphatic carbocycles. The molecule has 10 heteroatoms. The molecule has 32 heavy (non-hydrogen) atoms. The SMILES string of the molecule is CCOc1ccccc1CNc1ncc2c(=O)n(-c3ccc4c(c3)OCO4)c(=O)[nH]c2n1. The molecule has 2 N–H and O–H groups in total. The molecule has 0 saturated heterocycles. The Morgan fingerprint density at radius 1 is 1.16 bits per heavy atom. The predicted molar refractivity (Wildman–Crippen MR) is 117 cm³/mol. The van der Waals surface area contributed by atoms with Gasteiger partial charge in [-0.3, -0.25) is 9.78 Å². The molecule has 2 aromatic carbocycles. The third-order valence-corrected chi connectivity index (χ3v) is 4.97. The normalized spacial score (nSPS) is 12.2. The Kier molecular flexibility index (Phi) is 4.94. The van der Waals surface area contributed by atoms with Crippen LogP contribution in [-0.2, 0) is 6.54 Å². The average molecular weight is 433 g/mol. The van der Waals surface area contributed by atoms with Gasteiger partial charge in [0.05, 0.1) is 12.3 Å². The van der Waals surface area contributed by atoms with Crippen molar-refractivity contribution in [2.75, 3.05) is 18.7 Å². The molecular weight excluding hydrogens is 414 g/mol. The van der Waals surface area contributed by atoms with Crippen LogP contribution in [0.4, 0.5) is 5.95 Å². The summed E-state index contributed by atoms with van der Waals surface area (Å²) in [5.74, 6) is 2.07. The number of anilines is 1. The molecule has 0 radical (unpaired) electrons. The van der Waals surface area contributed by atoms with Gasteiger partial charge in [0.15, 0.2) is 17.1 Å². The summed E-state index contributed by atoms with van der Waals surface area (Å²) in [6, 6.07) is 12.5. The third kappa shape index (κ3) is 3.51. The van der Waals surface area contributed by atoms with E-state index >= 15 is 0 Å². The van der Waals surface area contributed by atoms with Crippen LogP contribution < -0.4 is 30.8 Å². The van der Waals surface area contributed by atoms with Gasteiger partial charge < -0.3 is 19.5 Å². The highest BCUT2D eigenvalue weighted by molar-refractivity contribution is 5.73. The van der Waals surface area contributed by atoms with Gasteiger partial charge in [-0.15, -0.1) is 0 Å². The van der Waals surface area contributed by atoms with E-state index in [9.17, 15) is 9.59 Å². The van der Waals surface area contributed by atoms with Crippen LogP contribution in [0.5, 0.6) is 17.2 Å². The Morgan fingerprint density at radius 3 is 2.88 bits per heavy atom. The van der Waals surface area contributed by atoms with Crippen LogP contribution in [0, 0.1) is 0 Å². The predicted octanol–water partition coefficient (Wildman–Crippen LogP) is 2.21. The highest BCUT2D eigenvalue weighted by atomic mass is 16.7. The van der Waals surface area contributed by atoms with Crippen molar-refractivity contribution in [1.82, 2.24) is 19.5 Å². The molecule has 0 unspecified atom stereocenters. The summed E-state index contributed by atoms with van der Waals surface area (Å²) in [6.07, 6.45) is 1.39. The fraction of sp³-hybridized carbons (Fsp3) is 0.182. The molecule has 0 bridgehead atoms. The maximum atomic E-state index is 13.0. The monoisotopic (exact) mass is 433 g/mol. The zero-order chi connectivity index (χ0) is 22.1. The number of aromatic amines is 1. The molecule has 0 amide bonds. The molecule has 3 heterocycles. The molecular formula is C22H19N5O5. The van der Waals surface area contributed by atoms with Crippen molar-refractivity contribution in [3.63, 3.8) is 0 Å². The number of nitrogens with zero attached hydrogens (tertiary/aromatic N) is 3. The molecule has 0 saturated carbocycles. The third-order valence-electron chi connectivity index (χ3n) is 4.97. The lowest BCUT2D eigenvalue weighted by Crippen LogP contribution is -2.34. The van der Waals surface area contributed by atoms with Crippen molar-refractivity contribution in [1.29, 1.82) is 0 Å². The van der Waals surface area contributed by atoms with Gasteiger partial charge in [-0.05, 0) is 25.1 Å². The van der Waals surface area contributed by atoms with Crippen molar-refractivity contribution in [2.24, 2.45) is 0 Å². The Balaban J connectivity index is 1.46. The van der Waals surface area contributed by atoms with E-state index in [1.807, 2.05) is 31.2 Å². The first-order valence-corrected chi connectivity index (χ1v) is 10.0. The largest absolute Gasteiger partial charge is 0.494 e. The van der Waals surface area contributed by atoms with Gasteiger partial charge in [0, 0.05) is 24.4 Å². The fourth-order valence-corrected chi connectivity index (χ4v) is 3.47. The van der Waals surface area contributed by atoms with Crippen molar-refractivity contribution in [3.05, 3.63) is 75.1 Å².